The quantitative estimate of drug-likeness (QED) is 0.0149. The predicted molar refractivity (Wildman–Crippen MR) is 545 cm³/mol. The van der Waals surface area contributed by atoms with Gasteiger partial charge in [-0.1, -0.05) is 59.6 Å². The summed E-state index contributed by atoms with van der Waals surface area (Å²) in [7, 11) is 0. The summed E-state index contributed by atoms with van der Waals surface area (Å²) in [4.78, 5) is 86.9. The number of rotatable bonds is 30. The molecule has 1 fully saturated rings. The molecule has 0 aromatic carbocycles. The fraction of sp³-hybridized carbons (Fsp3) is 0.220. The third-order valence-corrected chi connectivity index (χ3v) is 21.9. The Morgan fingerprint density at radius 3 is 1.13 bits per heavy atom. The van der Waals surface area contributed by atoms with Gasteiger partial charge in [0.1, 0.15) is 86.6 Å². The lowest BCUT2D eigenvalue weighted by Gasteiger charge is -2.23. The zero-order chi connectivity index (χ0) is 104. The molecule has 7 aliphatic rings. The number of ether oxygens (including phenoxy) is 8. The molecule has 47 heteroatoms. The number of nitrogens with two attached hydrogens (primary N) is 3. The standard InChI is InChI=1S/C19H21N3O4.C17H19N5O4.C17H16N4O4.C16H15ClN4O3.C16H16N4O3.C15H12ClN3O4/c1-13-11-15(14(5-4-8-23)12-17(13)25)20-18-16-6-2-3-7-22(16)21-19(18)26-10-9-24;18-11-9-12(19)15(25-7-5-23)10-13(11)20-16-14-3-1-2-4-22(14)21-17(16)26-8-6-24;22-6-8-25-17-16(13-3-1-2-5-21(13)20-17)19-11-10-15-12(9-14(11)23)18-4-7-24-15;1-9-8-10(13(18)12(17)15(9)23)19-14-11-4-2-3-5-21(11)20-16(14)24-7-6-22;1-10-8-12(11(17)9-14(10)22)18-15-13-4-2-3-5-20(13)19-16(15)23-7-6-21;16-9-7-10(13(22)8-12(9)21)17-14-11-3-1-2-4-19(11)18-15(14)23-6-5-20/h2-3,6-7,11-12,23-24H,4-5,8-10H2,1H3;1-4,9-10,18,23-24H,5-8,19H2;1-3,5,9-10,18,22H,4,6-8H2;2-5,8,22H,6-7,18H2,1H3;2-5,8-9,21H,6-7,17H2,1H3;1-4,7-8,20-21H,5-6H2. The van der Waals surface area contributed by atoms with Crippen LogP contribution in [-0.2, 0) is 33.4 Å². The number of nitrogens with one attached hydrogen (secondary N) is 2. The van der Waals surface area contributed by atoms with E-state index < -0.39 is 5.78 Å². The van der Waals surface area contributed by atoms with Gasteiger partial charge in [0.25, 0.3) is 35.3 Å². The van der Waals surface area contributed by atoms with Crippen LogP contribution in [0.5, 0.6) is 35.3 Å². The topological polar surface area (TPSA) is 633 Å². The number of ketones is 5. The lowest BCUT2D eigenvalue weighted by molar-refractivity contribution is -0.112. The number of nitrogens with zero attached hydrogens (tertiary/aromatic N) is 18. The highest BCUT2D eigenvalue weighted by Crippen LogP contribution is 2.41. The number of aliphatic imine (C=N–C) groups is 6. The van der Waals surface area contributed by atoms with Crippen LogP contribution in [0, 0.1) is 5.41 Å². The third-order valence-electron chi connectivity index (χ3n) is 21.2. The van der Waals surface area contributed by atoms with E-state index in [0.29, 0.717) is 162 Å². The van der Waals surface area contributed by atoms with Crippen LogP contribution >= 0.6 is 23.2 Å². The fourth-order valence-electron chi connectivity index (χ4n) is 14.3. The lowest BCUT2D eigenvalue weighted by Crippen LogP contribution is -2.31. The molecule has 45 nitrogen and oxygen atoms in total. The Labute approximate surface area is 845 Å². The molecule has 12 aromatic heterocycles. The SMILES string of the molecule is CC1=CC(=Nc2c(OCCO)nn3ccccc23)C(CCCO)=CC1=O.CC1=CC(=Nc2c(OCCO)nn3ccccc23)C(N)=C(Cl)C1=O.CC1=CC(=Nc2c(OCCO)nn3ccccc23)C(N)=CC1=O.N=C1C=C(N)C(OCCO)=CC1=Nc1c(OCCO)nn2ccccc12.O=C1C=C(O)C(Cl)=CC1=Nc1c(OCCO)nn2ccccc12.O=C1C=C2NCCOC2=CC1=Nc1c(OCCO)nn2ccccc12. The van der Waals surface area contributed by atoms with Gasteiger partial charge in [-0.2, -0.15) is 0 Å². The van der Waals surface area contributed by atoms with E-state index in [1.165, 1.54) is 30.4 Å². The van der Waals surface area contributed by atoms with Crippen molar-refractivity contribution in [3.05, 3.63) is 286 Å². The first-order valence-corrected chi connectivity index (χ1v) is 46.1. The highest BCUT2D eigenvalue weighted by molar-refractivity contribution is 6.53. The summed E-state index contributed by atoms with van der Waals surface area (Å²) < 4.78 is 53.4. The molecule has 6 aliphatic carbocycles. The number of Topliss-reactive ketones (excluding diaryl/α,β-unsaturated/α-hetero) is 1. The van der Waals surface area contributed by atoms with Gasteiger partial charge in [0.15, 0.2) is 45.7 Å². The zero-order valence-corrected chi connectivity index (χ0v) is 80.5. The average Bonchev–Trinajstić information content (AvgIpc) is 1.66. The summed E-state index contributed by atoms with van der Waals surface area (Å²) in [6.07, 6.45) is 27.9. The molecule has 0 atom stereocenters. The number of fused-ring (bicyclic) bond motifs is 7. The van der Waals surface area contributed by atoms with E-state index in [9.17, 15) is 29.1 Å². The maximum atomic E-state index is 12.4. The largest absolute Gasteiger partial charge is 0.506 e. The molecule has 0 amide bonds. The summed E-state index contributed by atoms with van der Waals surface area (Å²) >= 11 is 11.8. The first-order valence-electron chi connectivity index (χ1n) is 45.4. The summed E-state index contributed by atoms with van der Waals surface area (Å²) in [5, 5.41) is 118. The monoisotopic (exact) mass is 2040 g/mol. The number of allylic oxidation sites excluding steroid dienone is 17. The predicted octanol–water partition coefficient (Wildman–Crippen LogP) is 8.09. The summed E-state index contributed by atoms with van der Waals surface area (Å²) in [5.41, 5.74) is 30.6. The first-order chi connectivity index (χ1) is 71.2. The smallest absolute Gasteiger partial charge is 0.260 e. The summed E-state index contributed by atoms with van der Waals surface area (Å²) in [6.45, 7) is 5.93. The second kappa shape index (κ2) is 50.1. The van der Waals surface area contributed by atoms with Crippen LogP contribution in [0.15, 0.2) is 316 Å². The number of aliphatic hydroxyl groups excluding tert-OH is 9. The van der Waals surface area contributed by atoms with Crippen LogP contribution < -0.4 is 50.9 Å². The molecule has 0 bridgehead atoms. The molecule has 0 saturated carbocycles. The number of carbonyl (C=O) groups excluding carboxylic acids is 5. The van der Waals surface area contributed by atoms with Crippen LogP contribution in [0.3, 0.4) is 0 Å². The van der Waals surface area contributed by atoms with Gasteiger partial charge in [-0.3, -0.25) is 29.4 Å². The molecule has 1 aliphatic heterocycles. The number of hydrogen-bond acceptors (Lipinski definition) is 39. The van der Waals surface area contributed by atoms with E-state index in [2.05, 4.69) is 60.9 Å². The first kappa shape index (κ1) is 106. The van der Waals surface area contributed by atoms with Crippen molar-refractivity contribution < 1.29 is 108 Å². The van der Waals surface area contributed by atoms with Crippen molar-refractivity contribution in [3.8, 4) is 35.3 Å². The summed E-state index contributed by atoms with van der Waals surface area (Å²) in [6, 6.07) is 33.0. The normalized spacial score (nSPS) is 16.7. The maximum Gasteiger partial charge on any atom is 0.260 e. The van der Waals surface area contributed by atoms with Crippen molar-refractivity contribution in [3.63, 3.8) is 0 Å². The van der Waals surface area contributed by atoms with Crippen molar-refractivity contribution in [1.82, 2.24) is 63.0 Å². The van der Waals surface area contributed by atoms with Crippen molar-refractivity contribution in [2.45, 2.75) is 33.6 Å². The van der Waals surface area contributed by atoms with Gasteiger partial charge in [0, 0.05) is 86.3 Å². The number of halogens is 2. The minimum atomic E-state index is -0.477. The molecule has 0 spiro atoms. The van der Waals surface area contributed by atoms with Crippen molar-refractivity contribution in [2.75, 3.05) is 112 Å². The molecule has 19 rings (SSSR count). The van der Waals surface area contributed by atoms with Gasteiger partial charge in [0.2, 0.25) is 17.3 Å². The molecule has 1 saturated heterocycles. The summed E-state index contributed by atoms with van der Waals surface area (Å²) in [5.74, 6) is 1.02. The average molecular weight is 2050 g/mol. The number of pyridine rings is 6. The van der Waals surface area contributed by atoms with Gasteiger partial charge in [-0.05, 0) is 160 Å². The van der Waals surface area contributed by atoms with E-state index in [0.717, 1.165) is 22.7 Å². The number of hydrogen-bond donors (Lipinski definition) is 14. The molecule has 12 aromatic rings. The minimum Gasteiger partial charge on any atom is -0.506 e. The number of morpholine rings is 1. The number of aromatic nitrogens is 12. The van der Waals surface area contributed by atoms with Crippen molar-refractivity contribution >= 4 is 159 Å². The number of carbonyl (C=O) groups is 5. The van der Waals surface area contributed by atoms with E-state index in [4.69, 9.17) is 130 Å². The molecule has 0 unspecified atom stereocenters. The second-order valence-electron chi connectivity index (χ2n) is 31.6. The lowest BCUT2D eigenvalue weighted by atomic mass is 9.94. The molecular weight excluding hydrogens is 1950 g/mol. The molecule has 760 valence electrons. The molecule has 0 radical (unpaired) electrons. The maximum absolute atomic E-state index is 12.4. The minimum absolute atomic E-state index is 0.0256. The van der Waals surface area contributed by atoms with Crippen molar-refractivity contribution in [1.29, 1.82) is 5.41 Å². The Morgan fingerprint density at radius 2 is 0.728 bits per heavy atom. The van der Waals surface area contributed by atoms with Crippen LogP contribution in [0.1, 0.15) is 33.6 Å². The highest BCUT2D eigenvalue weighted by atomic mass is 35.5. The fourth-order valence-corrected chi connectivity index (χ4v) is 14.7. The molecular formula is C100H99Cl2N23O22. The Kier molecular flexibility index (Phi) is 36.0. The van der Waals surface area contributed by atoms with E-state index in [-0.39, 0.29) is 184 Å². The van der Waals surface area contributed by atoms with Crippen molar-refractivity contribution in [2.24, 2.45) is 47.2 Å². The van der Waals surface area contributed by atoms with Gasteiger partial charge < -0.3 is 106 Å². The Morgan fingerprint density at radius 1 is 0.381 bits per heavy atom. The van der Waals surface area contributed by atoms with Gasteiger partial charge in [-0.25, -0.2) is 57.0 Å². The van der Waals surface area contributed by atoms with E-state index in [1.54, 1.807) is 134 Å². The molecule has 17 N–H and O–H groups in total. The van der Waals surface area contributed by atoms with Crippen LogP contribution in [-0.4, -0.2) is 285 Å². The van der Waals surface area contributed by atoms with Crippen LogP contribution in [0.2, 0.25) is 0 Å². The van der Waals surface area contributed by atoms with E-state index in [1.807, 2.05) is 91.0 Å². The third kappa shape index (κ3) is 25.7. The highest BCUT2D eigenvalue weighted by Gasteiger charge is 2.30. The van der Waals surface area contributed by atoms with Crippen LogP contribution in [0.25, 0.3) is 33.1 Å². The Balaban J connectivity index is 0.000000139. The van der Waals surface area contributed by atoms with Crippen LogP contribution in [0.4, 0.5) is 34.1 Å². The van der Waals surface area contributed by atoms with E-state index >= 15 is 0 Å². The van der Waals surface area contributed by atoms with Gasteiger partial charge >= 0.3 is 0 Å². The second-order valence-corrected chi connectivity index (χ2v) is 32.4. The molecule has 147 heavy (non-hydrogen) atoms. The number of aliphatic hydroxyl groups is 9. The van der Waals surface area contributed by atoms with Gasteiger partial charge in [-0.15, -0.1) is 30.6 Å². The zero-order valence-electron chi connectivity index (χ0n) is 79.0. The Bertz CT molecular complexity index is 7690. The Hall–Kier alpha value is -17.3. The van der Waals surface area contributed by atoms with Gasteiger partial charge in [0.05, 0.1) is 136 Å². The molecule has 13 heterocycles.